The third kappa shape index (κ3) is 3.95. The lowest BCUT2D eigenvalue weighted by Crippen LogP contribution is -2.38. The van der Waals surface area contributed by atoms with Crippen LogP contribution in [0.5, 0.6) is 0 Å². The predicted molar refractivity (Wildman–Crippen MR) is 109 cm³/mol. The highest BCUT2D eigenvalue weighted by Crippen LogP contribution is 2.23. The third-order valence-corrected chi connectivity index (χ3v) is 4.97. The second kappa shape index (κ2) is 7.59. The molecule has 0 radical (unpaired) electrons. The van der Waals surface area contributed by atoms with E-state index in [1.807, 2.05) is 84.7 Å². The van der Waals surface area contributed by atoms with Gasteiger partial charge in [-0.2, -0.15) is 4.57 Å². The van der Waals surface area contributed by atoms with Crippen molar-refractivity contribution in [2.45, 2.75) is 13.8 Å². The van der Waals surface area contributed by atoms with E-state index in [9.17, 15) is 5.11 Å². The number of thiophene rings is 1. The first-order valence-electron chi connectivity index (χ1n) is 7.88. The molecule has 1 aromatic carbocycles. The molecular formula is C20H19N2OS2+. The first-order chi connectivity index (χ1) is 12.1. The molecule has 0 atom stereocenters. The van der Waals surface area contributed by atoms with Gasteiger partial charge in [-0.05, 0) is 43.0 Å². The van der Waals surface area contributed by atoms with Gasteiger partial charge in [0.15, 0.2) is 17.4 Å². The highest BCUT2D eigenvalue weighted by Gasteiger charge is 2.24. The van der Waals surface area contributed by atoms with Gasteiger partial charge in [-0.25, -0.2) is 0 Å². The number of rotatable bonds is 4. The summed E-state index contributed by atoms with van der Waals surface area (Å²) in [6.07, 6.45) is 3.84. The van der Waals surface area contributed by atoms with E-state index < -0.39 is 0 Å². The molecule has 0 aliphatic rings. The maximum absolute atomic E-state index is 10.9. The molecule has 25 heavy (non-hydrogen) atoms. The molecule has 126 valence electrons. The summed E-state index contributed by atoms with van der Waals surface area (Å²) < 4.78 is 1.86. The molecule has 0 bridgehead atoms. The zero-order chi connectivity index (χ0) is 17.8. The van der Waals surface area contributed by atoms with Crippen LogP contribution in [0.3, 0.4) is 0 Å². The number of hydrogen-bond donors (Lipinski definition) is 2. The van der Waals surface area contributed by atoms with Gasteiger partial charge in [0, 0.05) is 17.3 Å². The van der Waals surface area contributed by atoms with E-state index in [1.54, 1.807) is 0 Å². The summed E-state index contributed by atoms with van der Waals surface area (Å²) in [5, 5.41) is 16.1. The van der Waals surface area contributed by atoms with Gasteiger partial charge in [0.25, 0.3) is 5.70 Å². The minimum Gasteiger partial charge on any atom is -0.501 e. The van der Waals surface area contributed by atoms with E-state index in [4.69, 9.17) is 12.2 Å². The Bertz CT molecular complexity index is 930. The fourth-order valence-corrected chi connectivity index (χ4v) is 3.49. The molecule has 0 unspecified atom stereocenters. The second-order valence-electron chi connectivity index (χ2n) is 5.73. The Morgan fingerprint density at radius 3 is 2.56 bits per heavy atom. The van der Waals surface area contributed by atoms with Crippen LogP contribution in [0.15, 0.2) is 66.3 Å². The lowest BCUT2D eigenvalue weighted by molar-refractivity contribution is -0.576. The van der Waals surface area contributed by atoms with Gasteiger partial charge in [-0.15, -0.1) is 11.3 Å². The van der Waals surface area contributed by atoms with Crippen LogP contribution in [0.4, 0.5) is 5.69 Å². The van der Waals surface area contributed by atoms with Crippen molar-refractivity contribution in [3.63, 3.8) is 0 Å². The topological polar surface area (TPSA) is 36.1 Å². The smallest absolute Gasteiger partial charge is 0.289 e. The van der Waals surface area contributed by atoms with Crippen molar-refractivity contribution >= 4 is 45.7 Å². The highest BCUT2D eigenvalue weighted by molar-refractivity contribution is 7.81. The monoisotopic (exact) mass is 367 g/mol. The first-order valence-corrected chi connectivity index (χ1v) is 9.17. The van der Waals surface area contributed by atoms with Gasteiger partial charge in [-0.3, -0.25) is 0 Å². The van der Waals surface area contributed by atoms with Crippen LogP contribution < -0.4 is 9.88 Å². The Morgan fingerprint density at radius 1 is 1.08 bits per heavy atom. The van der Waals surface area contributed by atoms with Gasteiger partial charge in [0.05, 0.1) is 4.88 Å². The molecule has 0 saturated heterocycles. The fraction of sp³-hybridized carbons (Fsp3) is 0.100. The minimum atomic E-state index is 0.164. The van der Waals surface area contributed by atoms with Crippen LogP contribution in [0.1, 0.15) is 16.0 Å². The van der Waals surface area contributed by atoms with E-state index >= 15 is 0 Å². The Hall–Kier alpha value is -2.50. The molecule has 0 spiro atoms. The summed E-state index contributed by atoms with van der Waals surface area (Å²) in [5.41, 5.74) is 3.66. The molecule has 5 heteroatoms. The number of hydrogen-bond acceptors (Lipinski definition) is 3. The zero-order valence-corrected chi connectivity index (χ0v) is 15.7. The molecule has 0 aliphatic heterocycles. The quantitative estimate of drug-likeness (QED) is 0.296. The number of aryl methyl sites for hydroxylation is 2. The molecule has 2 N–H and O–H groups in total. The molecule has 0 saturated carbocycles. The van der Waals surface area contributed by atoms with Crippen LogP contribution in [-0.4, -0.2) is 10.1 Å². The molecule has 0 fully saturated rings. The van der Waals surface area contributed by atoms with E-state index in [0.717, 1.165) is 21.7 Å². The molecule has 3 nitrogen and oxygen atoms in total. The SMILES string of the molecule is Cc1ccc[n+](/C(C(=S)Nc2ccccc2C)=C(\O)c2cccs2)c1. The molecule has 3 aromatic rings. The molecule has 0 aliphatic carbocycles. The third-order valence-electron chi connectivity index (χ3n) is 3.79. The maximum atomic E-state index is 10.9. The molecule has 0 amide bonds. The van der Waals surface area contributed by atoms with Crippen molar-refractivity contribution in [1.82, 2.24) is 0 Å². The summed E-state index contributed by atoms with van der Waals surface area (Å²) in [6, 6.07) is 15.7. The summed E-state index contributed by atoms with van der Waals surface area (Å²) in [6.45, 7) is 4.03. The summed E-state index contributed by atoms with van der Waals surface area (Å²) in [4.78, 5) is 1.24. The van der Waals surface area contributed by atoms with E-state index in [1.165, 1.54) is 11.3 Å². The Morgan fingerprint density at radius 2 is 1.88 bits per heavy atom. The number of para-hydroxylation sites is 1. The van der Waals surface area contributed by atoms with Crippen molar-refractivity contribution in [3.8, 4) is 0 Å². The summed E-state index contributed by atoms with van der Waals surface area (Å²) >= 11 is 7.12. The number of pyridine rings is 1. The number of nitrogens with zero attached hydrogens (tertiary/aromatic N) is 1. The molecular weight excluding hydrogens is 348 g/mol. The number of aliphatic hydroxyl groups excluding tert-OH is 1. The number of benzene rings is 1. The second-order valence-corrected chi connectivity index (χ2v) is 7.09. The standard InChI is InChI=1S/C20H18N2OS2/c1-14-7-5-11-22(13-14)18(19(23)17-10-6-12-25-17)20(24)21-16-9-4-3-8-15(16)2/h3-13H,1-2H3,(H-,21,23,24)/p+1. The summed E-state index contributed by atoms with van der Waals surface area (Å²) in [5.74, 6) is 0.164. The van der Waals surface area contributed by atoms with Crippen molar-refractivity contribution < 1.29 is 9.67 Å². The maximum Gasteiger partial charge on any atom is 0.289 e. The lowest BCUT2D eigenvalue weighted by Gasteiger charge is -2.11. The van der Waals surface area contributed by atoms with Crippen molar-refractivity contribution in [2.24, 2.45) is 0 Å². The van der Waals surface area contributed by atoms with Crippen LogP contribution >= 0.6 is 23.6 Å². The predicted octanol–water partition coefficient (Wildman–Crippen LogP) is 4.98. The van der Waals surface area contributed by atoms with Crippen LogP contribution in [0.2, 0.25) is 0 Å². The molecule has 3 rings (SSSR count). The first kappa shape index (κ1) is 17.3. The van der Waals surface area contributed by atoms with E-state index in [0.29, 0.717) is 10.7 Å². The van der Waals surface area contributed by atoms with Gasteiger partial charge >= 0.3 is 0 Å². The molecule has 2 aromatic heterocycles. The number of aliphatic hydroxyl groups is 1. The molecule has 2 heterocycles. The van der Waals surface area contributed by atoms with Gasteiger partial charge in [-0.1, -0.05) is 36.5 Å². The lowest BCUT2D eigenvalue weighted by atomic mass is 10.2. The van der Waals surface area contributed by atoms with Gasteiger partial charge in [0.1, 0.15) is 0 Å². The largest absolute Gasteiger partial charge is 0.501 e. The van der Waals surface area contributed by atoms with Crippen molar-refractivity contribution in [2.75, 3.05) is 5.32 Å². The summed E-state index contributed by atoms with van der Waals surface area (Å²) in [7, 11) is 0. The van der Waals surface area contributed by atoms with Crippen LogP contribution in [0.25, 0.3) is 11.5 Å². The normalized spacial score (nSPS) is 11.8. The van der Waals surface area contributed by atoms with E-state index in [-0.39, 0.29) is 5.76 Å². The Balaban J connectivity index is 2.07. The number of thiocarbonyl (C=S) groups is 1. The number of anilines is 1. The van der Waals surface area contributed by atoms with Gasteiger partial charge in [0.2, 0.25) is 5.76 Å². The van der Waals surface area contributed by atoms with Crippen LogP contribution in [0, 0.1) is 13.8 Å². The van der Waals surface area contributed by atoms with E-state index in [2.05, 4.69) is 5.32 Å². The minimum absolute atomic E-state index is 0.164. The highest BCUT2D eigenvalue weighted by atomic mass is 32.1. The van der Waals surface area contributed by atoms with Crippen LogP contribution in [-0.2, 0) is 0 Å². The Kier molecular flexibility index (Phi) is 5.26. The average molecular weight is 368 g/mol. The fourth-order valence-electron chi connectivity index (χ4n) is 2.50. The zero-order valence-electron chi connectivity index (χ0n) is 14.1. The van der Waals surface area contributed by atoms with Crippen molar-refractivity contribution in [1.29, 1.82) is 0 Å². The average Bonchev–Trinajstić information content (AvgIpc) is 3.12. The Labute approximate surface area is 156 Å². The number of aromatic nitrogens is 1. The number of nitrogens with one attached hydrogen (secondary N) is 1. The van der Waals surface area contributed by atoms with Crippen molar-refractivity contribution in [3.05, 3.63) is 82.3 Å². The van der Waals surface area contributed by atoms with Gasteiger partial charge < -0.3 is 10.4 Å².